The molecule has 4 heteroatoms. The summed E-state index contributed by atoms with van der Waals surface area (Å²) in [6.07, 6.45) is 1.45. The molecule has 0 fully saturated rings. The zero-order valence-corrected chi connectivity index (χ0v) is 10.7. The van der Waals surface area contributed by atoms with E-state index in [1.54, 1.807) is 13.2 Å². The molecule has 0 aliphatic carbocycles. The highest BCUT2D eigenvalue weighted by Crippen LogP contribution is 2.19. The first-order valence-electron chi connectivity index (χ1n) is 5.08. The molecule has 0 N–H and O–H groups in total. The molecule has 0 radical (unpaired) electrons. The fourth-order valence-electron chi connectivity index (χ4n) is 1.39. The van der Waals surface area contributed by atoms with Gasteiger partial charge in [-0.3, -0.25) is 4.79 Å². The van der Waals surface area contributed by atoms with E-state index >= 15 is 0 Å². The summed E-state index contributed by atoms with van der Waals surface area (Å²) in [4.78, 5) is 11.6. The summed E-state index contributed by atoms with van der Waals surface area (Å²) in [5.74, 6) is -0.216. The third-order valence-electron chi connectivity index (χ3n) is 2.20. The van der Waals surface area contributed by atoms with Gasteiger partial charge in [0.25, 0.3) is 0 Å². The zero-order chi connectivity index (χ0) is 12.0. The quantitative estimate of drug-likeness (QED) is 0.752. The fraction of sp³-hybridized carbons (Fsp3) is 0.417. The second-order valence-corrected chi connectivity index (χ2v) is 4.40. The SMILES string of the molecule is COCCCC(=O)Cc1cc(F)ccc1Br. The maximum Gasteiger partial charge on any atom is 0.137 e. The van der Waals surface area contributed by atoms with Crippen LogP contribution < -0.4 is 0 Å². The first-order chi connectivity index (χ1) is 7.63. The van der Waals surface area contributed by atoms with Gasteiger partial charge in [-0.15, -0.1) is 0 Å². The molecule has 0 aliphatic rings. The van der Waals surface area contributed by atoms with Crippen molar-refractivity contribution in [1.82, 2.24) is 0 Å². The van der Waals surface area contributed by atoms with E-state index in [1.165, 1.54) is 12.1 Å². The Balaban J connectivity index is 2.52. The number of ether oxygens (including phenoxy) is 1. The summed E-state index contributed by atoms with van der Waals surface area (Å²) in [5.41, 5.74) is 0.697. The highest BCUT2D eigenvalue weighted by atomic mass is 79.9. The average Bonchev–Trinajstić information content (AvgIpc) is 2.24. The molecule has 1 aromatic rings. The topological polar surface area (TPSA) is 26.3 Å². The van der Waals surface area contributed by atoms with Crippen LogP contribution in [0.3, 0.4) is 0 Å². The average molecular weight is 289 g/mol. The summed E-state index contributed by atoms with van der Waals surface area (Å²) < 4.78 is 18.6. The number of hydrogen-bond donors (Lipinski definition) is 0. The van der Waals surface area contributed by atoms with Gasteiger partial charge in [0.1, 0.15) is 11.6 Å². The van der Waals surface area contributed by atoms with E-state index in [2.05, 4.69) is 15.9 Å². The van der Waals surface area contributed by atoms with E-state index in [1.807, 2.05) is 0 Å². The van der Waals surface area contributed by atoms with Gasteiger partial charge in [0.2, 0.25) is 0 Å². The van der Waals surface area contributed by atoms with Crippen molar-refractivity contribution in [2.24, 2.45) is 0 Å². The molecule has 1 rings (SSSR count). The van der Waals surface area contributed by atoms with Crippen LogP contribution in [0.4, 0.5) is 4.39 Å². The third-order valence-corrected chi connectivity index (χ3v) is 2.97. The molecule has 0 saturated carbocycles. The Morgan fingerprint density at radius 1 is 1.50 bits per heavy atom. The molecule has 0 heterocycles. The van der Waals surface area contributed by atoms with Crippen LogP contribution in [0.15, 0.2) is 22.7 Å². The number of hydrogen-bond acceptors (Lipinski definition) is 2. The van der Waals surface area contributed by atoms with E-state index < -0.39 is 0 Å². The van der Waals surface area contributed by atoms with Crippen molar-refractivity contribution in [3.05, 3.63) is 34.1 Å². The van der Waals surface area contributed by atoms with Gasteiger partial charge in [-0.05, 0) is 30.2 Å². The molecule has 0 bridgehead atoms. The Morgan fingerprint density at radius 3 is 2.94 bits per heavy atom. The number of ketones is 1. The van der Waals surface area contributed by atoms with Gasteiger partial charge in [0, 0.05) is 31.0 Å². The van der Waals surface area contributed by atoms with Gasteiger partial charge in [-0.2, -0.15) is 0 Å². The predicted molar refractivity (Wildman–Crippen MR) is 63.9 cm³/mol. The molecule has 88 valence electrons. The van der Waals surface area contributed by atoms with E-state index in [4.69, 9.17) is 4.74 Å². The molecule has 0 unspecified atom stereocenters. The third kappa shape index (κ3) is 4.41. The lowest BCUT2D eigenvalue weighted by Gasteiger charge is -2.04. The minimum Gasteiger partial charge on any atom is -0.385 e. The van der Waals surface area contributed by atoms with Gasteiger partial charge >= 0.3 is 0 Å². The summed E-state index contributed by atoms with van der Waals surface area (Å²) in [5, 5.41) is 0. The number of methoxy groups -OCH3 is 1. The van der Waals surface area contributed by atoms with Crippen LogP contribution in [0, 0.1) is 5.82 Å². The maximum atomic E-state index is 13.0. The highest BCUT2D eigenvalue weighted by molar-refractivity contribution is 9.10. The van der Waals surface area contributed by atoms with Crippen molar-refractivity contribution >= 4 is 21.7 Å². The molecule has 0 atom stereocenters. The molecule has 0 aromatic heterocycles. The Hall–Kier alpha value is -0.740. The standard InChI is InChI=1S/C12H14BrFO2/c1-16-6-2-3-11(15)8-9-7-10(14)4-5-12(9)13/h4-5,7H,2-3,6,8H2,1H3. The summed E-state index contributed by atoms with van der Waals surface area (Å²) in [6, 6.07) is 4.37. The number of carbonyl (C=O) groups is 1. The smallest absolute Gasteiger partial charge is 0.137 e. The van der Waals surface area contributed by atoms with Crippen LogP contribution in [0.1, 0.15) is 18.4 Å². The minimum atomic E-state index is -0.317. The molecular weight excluding hydrogens is 275 g/mol. The second kappa shape index (κ2) is 6.76. The van der Waals surface area contributed by atoms with Crippen LogP contribution >= 0.6 is 15.9 Å². The van der Waals surface area contributed by atoms with Gasteiger partial charge in [-0.1, -0.05) is 15.9 Å². The van der Waals surface area contributed by atoms with E-state index in [0.29, 0.717) is 25.0 Å². The Labute approximate surface area is 103 Å². The number of halogens is 2. The van der Waals surface area contributed by atoms with Crippen LogP contribution in [0.25, 0.3) is 0 Å². The second-order valence-electron chi connectivity index (χ2n) is 3.55. The van der Waals surface area contributed by atoms with E-state index in [9.17, 15) is 9.18 Å². The molecule has 0 saturated heterocycles. The van der Waals surface area contributed by atoms with Crippen LogP contribution in [0.5, 0.6) is 0 Å². The van der Waals surface area contributed by atoms with E-state index in [0.717, 1.165) is 4.47 Å². The first kappa shape index (κ1) is 13.3. The van der Waals surface area contributed by atoms with Crippen molar-refractivity contribution in [2.45, 2.75) is 19.3 Å². The number of Topliss-reactive ketones (excluding diaryl/α,β-unsaturated/α-hetero) is 1. The largest absolute Gasteiger partial charge is 0.385 e. The highest BCUT2D eigenvalue weighted by Gasteiger charge is 2.07. The lowest BCUT2D eigenvalue weighted by atomic mass is 10.1. The van der Waals surface area contributed by atoms with Gasteiger partial charge < -0.3 is 4.74 Å². The maximum absolute atomic E-state index is 13.0. The fourth-order valence-corrected chi connectivity index (χ4v) is 1.78. The number of benzene rings is 1. The number of carbonyl (C=O) groups excluding carboxylic acids is 1. The number of rotatable bonds is 6. The lowest BCUT2D eigenvalue weighted by molar-refractivity contribution is -0.118. The molecule has 0 spiro atoms. The Morgan fingerprint density at radius 2 is 2.25 bits per heavy atom. The van der Waals surface area contributed by atoms with Crippen molar-refractivity contribution in [3.63, 3.8) is 0 Å². The monoisotopic (exact) mass is 288 g/mol. The summed E-state index contributed by atoms with van der Waals surface area (Å²) in [7, 11) is 1.60. The molecular formula is C12H14BrFO2. The van der Waals surface area contributed by atoms with Crippen LogP contribution in [0.2, 0.25) is 0 Å². The van der Waals surface area contributed by atoms with Crippen LogP contribution in [-0.4, -0.2) is 19.5 Å². The van der Waals surface area contributed by atoms with Crippen molar-refractivity contribution in [2.75, 3.05) is 13.7 Å². The molecule has 0 aliphatic heterocycles. The van der Waals surface area contributed by atoms with Gasteiger partial charge in [-0.25, -0.2) is 4.39 Å². The minimum absolute atomic E-state index is 0.100. The van der Waals surface area contributed by atoms with Crippen LogP contribution in [-0.2, 0) is 16.0 Å². The summed E-state index contributed by atoms with van der Waals surface area (Å²) in [6.45, 7) is 0.579. The predicted octanol–water partition coefficient (Wildman–Crippen LogP) is 3.13. The van der Waals surface area contributed by atoms with Crippen molar-refractivity contribution in [3.8, 4) is 0 Å². The van der Waals surface area contributed by atoms with Gasteiger partial charge in [0.05, 0.1) is 0 Å². The molecule has 16 heavy (non-hydrogen) atoms. The lowest BCUT2D eigenvalue weighted by Crippen LogP contribution is -2.05. The normalized spacial score (nSPS) is 10.4. The Bertz CT molecular complexity index is 366. The Kier molecular flexibility index (Phi) is 5.63. The van der Waals surface area contributed by atoms with Crippen molar-refractivity contribution in [1.29, 1.82) is 0 Å². The van der Waals surface area contributed by atoms with Gasteiger partial charge in [0.15, 0.2) is 0 Å². The first-order valence-corrected chi connectivity index (χ1v) is 5.87. The zero-order valence-electron chi connectivity index (χ0n) is 9.13. The summed E-state index contributed by atoms with van der Waals surface area (Å²) >= 11 is 3.30. The van der Waals surface area contributed by atoms with E-state index in [-0.39, 0.29) is 18.0 Å². The molecule has 1 aromatic carbocycles. The van der Waals surface area contributed by atoms with Crippen molar-refractivity contribution < 1.29 is 13.9 Å². The molecule has 0 amide bonds. The molecule has 2 nitrogen and oxygen atoms in total.